The zero-order chi connectivity index (χ0) is 17.2. The Kier molecular flexibility index (Phi) is 8.58. The lowest BCUT2D eigenvalue weighted by molar-refractivity contribution is -0.384. The molecule has 1 rings (SSSR count). The molecule has 0 fully saturated rings. The van der Waals surface area contributed by atoms with Gasteiger partial charge in [0.25, 0.3) is 5.69 Å². The lowest BCUT2D eigenvalue weighted by atomic mass is 10.0. The van der Waals surface area contributed by atoms with Crippen LogP contribution in [0, 0.1) is 16.0 Å². The number of benzene rings is 1. The lowest BCUT2D eigenvalue weighted by Crippen LogP contribution is -2.36. The smallest absolute Gasteiger partial charge is 0.273 e. The van der Waals surface area contributed by atoms with Gasteiger partial charge in [0.2, 0.25) is 0 Å². The highest BCUT2D eigenvalue weighted by molar-refractivity contribution is 5.37. The summed E-state index contributed by atoms with van der Waals surface area (Å²) in [6, 6.07) is 6.32. The van der Waals surface area contributed by atoms with Gasteiger partial charge in [-0.05, 0) is 25.3 Å². The standard InChI is InChI=1S/C17H28N2O4/c1-13(2)6-4-7-14(3)18-11-16(20)12-23-17-9-5-8-15(10-17)19(21)22/h5,8-10,13-14,16,18,20H,4,6-7,11-12H2,1-3H3. The van der Waals surface area contributed by atoms with E-state index in [1.165, 1.54) is 25.0 Å². The van der Waals surface area contributed by atoms with Gasteiger partial charge in [0.1, 0.15) is 18.5 Å². The monoisotopic (exact) mass is 324 g/mol. The molecular formula is C17H28N2O4. The highest BCUT2D eigenvalue weighted by atomic mass is 16.6. The first kappa shape index (κ1) is 19.4. The van der Waals surface area contributed by atoms with Crippen molar-refractivity contribution in [2.75, 3.05) is 13.2 Å². The molecule has 0 radical (unpaired) electrons. The van der Waals surface area contributed by atoms with Crippen molar-refractivity contribution in [1.82, 2.24) is 5.32 Å². The van der Waals surface area contributed by atoms with E-state index in [4.69, 9.17) is 4.74 Å². The predicted octanol–water partition coefficient (Wildman–Crippen LogP) is 3.14. The average molecular weight is 324 g/mol. The normalized spacial score (nSPS) is 13.8. The van der Waals surface area contributed by atoms with Crippen molar-refractivity contribution >= 4 is 5.69 Å². The maximum Gasteiger partial charge on any atom is 0.273 e. The Hall–Kier alpha value is -1.66. The molecular weight excluding hydrogens is 296 g/mol. The van der Waals surface area contributed by atoms with Gasteiger partial charge in [0.15, 0.2) is 0 Å². The number of aliphatic hydroxyl groups excluding tert-OH is 1. The zero-order valence-electron chi connectivity index (χ0n) is 14.2. The van der Waals surface area contributed by atoms with E-state index in [0.29, 0.717) is 18.3 Å². The highest BCUT2D eigenvalue weighted by Gasteiger charge is 2.10. The third kappa shape index (κ3) is 8.52. The van der Waals surface area contributed by atoms with Crippen LogP contribution in [0.25, 0.3) is 0 Å². The number of nitrogens with zero attached hydrogens (tertiary/aromatic N) is 1. The number of hydrogen-bond donors (Lipinski definition) is 2. The summed E-state index contributed by atoms with van der Waals surface area (Å²) in [5, 5.41) is 23.9. The molecule has 6 nitrogen and oxygen atoms in total. The molecule has 1 aromatic rings. The maximum atomic E-state index is 10.7. The fourth-order valence-corrected chi connectivity index (χ4v) is 2.21. The summed E-state index contributed by atoms with van der Waals surface area (Å²) in [5.74, 6) is 1.11. The first-order valence-corrected chi connectivity index (χ1v) is 8.17. The summed E-state index contributed by atoms with van der Waals surface area (Å²) < 4.78 is 5.41. The topological polar surface area (TPSA) is 84.6 Å². The summed E-state index contributed by atoms with van der Waals surface area (Å²) >= 11 is 0. The molecule has 0 aromatic heterocycles. The number of nitro groups is 1. The molecule has 0 aliphatic carbocycles. The fraction of sp³-hybridized carbons (Fsp3) is 0.647. The average Bonchev–Trinajstić information content (AvgIpc) is 2.50. The van der Waals surface area contributed by atoms with E-state index < -0.39 is 11.0 Å². The molecule has 0 amide bonds. The second kappa shape index (κ2) is 10.2. The number of nitro benzene ring substituents is 1. The van der Waals surface area contributed by atoms with E-state index in [-0.39, 0.29) is 12.3 Å². The molecule has 2 unspecified atom stereocenters. The van der Waals surface area contributed by atoms with Crippen molar-refractivity contribution in [3.05, 3.63) is 34.4 Å². The van der Waals surface area contributed by atoms with Crippen molar-refractivity contribution < 1.29 is 14.8 Å². The number of hydrogen-bond acceptors (Lipinski definition) is 5. The molecule has 0 spiro atoms. The molecule has 0 saturated carbocycles. The molecule has 23 heavy (non-hydrogen) atoms. The first-order valence-electron chi connectivity index (χ1n) is 8.17. The van der Waals surface area contributed by atoms with Crippen LogP contribution in [0.4, 0.5) is 5.69 Å². The van der Waals surface area contributed by atoms with Crippen LogP contribution in [0.2, 0.25) is 0 Å². The molecule has 0 saturated heterocycles. The minimum absolute atomic E-state index is 0.0195. The molecule has 0 aliphatic rings. The third-order valence-corrected chi connectivity index (χ3v) is 3.59. The number of aliphatic hydroxyl groups is 1. The Labute approximate surface area is 138 Å². The van der Waals surface area contributed by atoms with Crippen molar-refractivity contribution in [2.24, 2.45) is 5.92 Å². The van der Waals surface area contributed by atoms with Crippen molar-refractivity contribution in [3.8, 4) is 5.75 Å². The van der Waals surface area contributed by atoms with Crippen LogP contribution < -0.4 is 10.1 Å². The SMILES string of the molecule is CC(C)CCCC(C)NCC(O)COc1cccc([N+](=O)[O-])c1. The van der Waals surface area contributed by atoms with Gasteiger partial charge in [0.05, 0.1) is 11.0 Å². The fourth-order valence-electron chi connectivity index (χ4n) is 2.21. The molecule has 0 bridgehead atoms. The van der Waals surface area contributed by atoms with Gasteiger partial charge in [-0.15, -0.1) is 0 Å². The van der Waals surface area contributed by atoms with Crippen LogP contribution in [0.1, 0.15) is 40.0 Å². The molecule has 1 aromatic carbocycles. The maximum absolute atomic E-state index is 10.7. The van der Waals surface area contributed by atoms with Crippen LogP contribution in [0.5, 0.6) is 5.75 Å². The summed E-state index contributed by atoms with van der Waals surface area (Å²) in [6.45, 7) is 7.08. The lowest BCUT2D eigenvalue weighted by Gasteiger charge is -2.18. The minimum Gasteiger partial charge on any atom is -0.491 e. The third-order valence-electron chi connectivity index (χ3n) is 3.59. The number of non-ortho nitro benzene ring substituents is 1. The van der Waals surface area contributed by atoms with E-state index in [1.54, 1.807) is 12.1 Å². The highest BCUT2D eigenvalue weighted by Crippen LogP contribution is 2.19. The minimum atomic E-state index is -0.651. The Morgan fingerprint density at radius 1 is 1.30 bits per heavy atom. The number of nitrogens with one attached hydrogen (secondary N) is 1. The first-order chi connectivity index (χ1) is 10.9. The molecule has 130 valence electrons. The molecule has 6 heteroatoms. The van der Waals surface area contributed by atoms with Crippen LogP contribution in [-0.2, 0) is 0 Å². The quantitative estimate of drug-likeness (QED) is 0.482. The Morgan fingerprint density at radius 3 is 2.70 bits per heavy atom. The Bertz CT molecular complexity index is 479. The summed E-state index contributed by atoms with van der Waals surface area (Å²) in [5.41, 5.74) is -0.0195. The molecule has 2 atom stereocenters. The van der Waals surface area contributed by atoms with Crippen LogP contribution >= 0.6 is 0 Å². The number of ether oxygens (including phenoxy) is 1. The van der Waals surface area contributed by atoms with Gasteiger partial charge < -0.3 is 15.2 Å². The van der Waals surface area contributed by atoms with E-state index in [0.717, 1.165) is 12.3 Å². The van der Waals surface area contributed by atoms with E-state index in [9.17, 15) is 15.2 Å². The summed E-state index contributed by atoms with van der Waals surface area (Å²) in [6.07, 6.45) is 2.81. The van der Waals surface area contributed by atoms with Crippen LogP contribution in [-0.4, -0.2) is 35.3 Å². The van der Waals surface area contributed by atoms with E-state index in [2.05, 4.69) is 26.1 Å². The van der Waals surface area contributed by atoms with Gasteiger partial charge >= 0.3 is 0 Å². The van der Waals surface area contributed by atoms with E-state index in [1.807, 2.05) is 0 Å². The summed E-state index contributed by atoms with van der Waals surface area (Å²) in [7, 11) is 0. The molecule has 2 N–H and O–H groups in total. The zero-order valence-corrected chi connectivity index (χ0v) is 14.2. The van der Waals surface area contributed by atoms with Crippen molar-refractivity contribution in [3.63, 3.8) is 0 Å². The molecule has 0 heterocycles. The van der Waals surface area contributed by atoms with Gasteiger partial charge in [0, 0.05) is 18.7 Å². The van der Waals surface area contributed by atoms with Crippen LogP contribution in [0.3, 0.4) is 0 Å². The Balaban J connectivity index is 2.25. The van der Waals surface area contributed by atoms with Gasteiger partial charge in [-0.3, -0.25) is 10.1 Å². The van der Waals surface area contributed by atoms with Crippen LogP contribution in [0.15, 0.2) is 24.3 Å². The second-order valence-corrected chi connectivity index (χ2v) is 6.35. The van der Waals surface area contributed by atoms with Crippen molar-refractivity contribution in [1.29, 1.82) is 0 Å². The van der Waals surface area contributed by atoms with Gasteiger partial charge in [-0.1, -0.05) is 32.8 Å². The Morgan fingerprint density at radius 2 is 2.04 bits per heavy atom. The predicted molar refractivity (Wildman–Crippen MR) is 90.8 cm³/mol. The molecule has 0 aliphatic heterocycles. The second-order valence-electron chi connectivity index (χ2n) is 6.35. The van der Waals surface area contributed by atoms with Crippen molar-refractivity contribution in [2.45, 2.75) is 52.2 Å². The van der Waals surface area contributed by atoms with Gasteiger partial charge in [-0.2, -0.15) is 0 Å². The van der Waals surface area contributed by atoms with Gasteiger partial charge in [-0.25, -0.2) is 0 Å². The summed E-state index contributed by atoms with van der Waals surface area (Å²) in [4.78, 5) is 10.2. The number of rotatable bonds is 11. The largest absolute Gasteiger partial charge is 0.491 e. The van der Waals surface area contributed by atoms with E-state index >= 15 is 0 Å².